The second kappa shape index (κ2) is 21.4. The minimum Gasteiger partial charge on any atom is -0.0654 e. The van der Waals surface area contributed by atoms with Gasteiger partial charge in [-0.1, -0.05) is 226 Å². The summed E-state index contributed by atoms with van der Waals surface area (Å²) in [6.45, 7) is 13.9. The van der Waals surface area contributed by atoms with Gasteiger partial charge in [0.15, 0.2) is 0 Å². The molecule has 0 saturated carbocycles. The molecule has 0 fully saturated rings. The van der Waals surface area contributed by atoms with Crippen molar-refractivity contribution < 1.29 is 0 Å². The smallest absolute Gasteiger partial charge is 0.0654 e. The minimum atomic E-state index is -0.469. The zero-order valence-corrected chi connectivity index (χ0v) is 42.2. The van der Waals surface area contributed by atoms with E-state index in [-0.39, 0.29) is 0 Å². The lowest BCUT2D eigenvalue weighted by Gasteiger charge is -2.36. The van der Waals surface area contributed by atoms with Crippen LogP contribution in [0.2, 0.25) is 0 Å². The van der Waals surface area contributed by atoms with E-state index in [1.165, 1.54) is 213 Å². The van der Waals surface area contributed by atoms with Crippen LogP contribution in [-0.2, 0) is 31.1 Å². The normalized spacial score (nSPS) is 13.0. The Morgan fingerprint density at radius 1 is 0.343 bits per heavy atom. The van der Waals surface area contributed by atoms with Gasteiger partial charge in [-0.15, -0.1) is 0 Å². The molecule has 1 aliphatic rings. The van der Waals surface area contributed by atoms with Gasteiger partial charge in [0.2, 0.25) is 0 Å². The number of hydrogen-bond acceptors (Lipinski definition) is 0. The number of unbranched alkanes of at least 4 members (excludes halogenated alkanes) is 12. The maximum Gasteiger partial charge on any atom is 0.0714 e. The Hall–Kier alpha value is -5.20. The molecule has 0 N–H and O–H groups in total. The van der Waals surface area contributed by atoms with Gasteiger partial charge in [0.1, 0.15) is 0 Å². The predicted octanol–water partition coefficient (Wildman–Crippen LogP) is 19.7. The maximum absolute atomic E-state index is 2.68. The summed E-state index contributed by atoms with van der Waals surface area (Å²) < 4.78 is 0. The summed E-state index contributed by atoms with van der Waals surface area (Å²) in [5.74, 6) is 0. The fourth-order valence-corrected chi connectivity index (χ4v) is 12.2. The minimum absolute atomic E-state index is 0.469. The van der Waals surface area contributed by atoms with E-state index < -0.39 is 5.41 Å². The van der Waals surface area contributed by atoms with Crippen molar-refractivity contribution in [2.24, 2.45) is 0 Å². The van der Waals surface area contributed by atoms with Crippen LogP contribution >= 0.6 is 0 Å². The molecular formula is C67H78. The maximum atomic E-state index is 2.68. The Bertz CT molecular complexity index is 2810. The predicted molar refractivity (Wildman–Crippen MR) is 294 cm³/mol. The van der Waals surface area contributed by atoms with Crippen molar-refractivity contribution in [3.8, 4) is 22.3 Å². The van der Waals surface area contributed by atoms with Gasteiger partial charge in [-0.2, -0.15) is 0 Å². The van der Waals surface area contributed by atoms with Gasteiger partial charge in [0.25, 0.3) is 0 Å². The summed E-state index contributed by atoms with van der Waals surface area (Å²) in [4.78, 5) is 0. The van der Waals surface area contributed by atoms with Gasteiger partial charge in [-0.25, -0.2) is 0 Å². The summed E-state index contributed by atoms with van der Waals surface area (Å²) in [7, 11) is 0. The first-order chi connectivity index (χ1) is 32.9. The van der Waals surface area contributed by atoms with Crippen LogP contribution in [0.5, 0.6) is 0 Å². The Labute approximate surface area is 405 Å². The highest BCUT2D eigenvalue weighted by Crippen LogP contribution is 2.58. The molecule has 0 bridgehead atoms. The molecule has 0 heterocycles. The molecule has 9 rings (SSSR count). The molecule has 0 aliphatic heterocycles. The Morgan fingerprint density at radius 3 is 1.27 bits per heavy atom. The monoisotopic (exact) mass is 883 g/mol. The molecule has 0 nitrogen and oxygen atoms in total. The van der Waals surface area contributed by atoms with Crippen LogP contribution in [0.15, 0.2) is 121 Å². The van der Waals surface area contributed by atoms with Crippen molar-refractivity contribution in [1.82, 2.24) is 0 Å². The van der Waals surface area contributed by atoms with Gasteiger partial charge >= 0.3 is 0 Å². The third-order valence-corrected chi connectivity index (χ3v) is 15.7. The summed E-state index contributed by atoms with van der Waals surface area (Å²) >= 11 is 0. The van der Waals surface area contributed by atoms with E-state index in [1.807, 2.05) is 0 Å². The fourth-order valence-electron chi connectivity index (χ4n) is 12.2. The van der Waals surface area contributed by atoms with Gasteiger partial charge in [0, 0.05) is 0 Å². The Kier molecular flexibility index (Phi) is 15.0. The molecule has 8 aromatic rings. The van der Waals surface area contributed by atoms with E-state index in [9.17, 15) is 0 Å². The van der Waals surface area contributed by atoms with Crippen molar-refractivity contribution in [3.63, 3.8) is 0 Å². The topological polar surface area (TPSA) is 0 Å². The summed E-state index contributed by atoms with van der Waals surface area (Å²) in [5.41, 5.74) is 19.6. The molecule has 67 heavy (non-hydrogen) atoms. The second-order valence-electron chi connectivity index (χ2n) is 20.8. The molecule has 0 heteroatoms. The lowest BCUT2D eigenvalue weighted by molar-refractivity contribution is 0.655. The average Bonchev–Trinajstić information content (AvgIpc) is 3.63. The van der Waals surface area contributed by atoms with Crippen LogP contribution in [0.3, 0.4) is 0 Å². The first kappa shape index (κ1) is 46.9. The number of fused-ring (bicyclic) bond motifs is 3. The molecule has 0 amide bonds. The van der Waals surface area contributed by atoms with Crippen LogP contribution in [-0.4, -0.2) is 0 Å². The van der Waals surface area contributed by atoms with Gasteiger partial charge in [0.05, 0.1) is 5.41 Å². The number of rotatable bonds is 23. The standard InChI is InChI=1S/C67H78/c1-7-11-15-19-23-49-40-50(24-20-16-12-8-2)43-56(42-49)67(57-44-51(25-21-17-13-9-3)41-52(45-57)26-22-18-14-10-4)63-39-47(5)27-34-60(63)61-37-33-55(46-64(61)67)59-36-31-54-30-35-58-48(6)28-29-53-32-38-62(59)66(54)65(53)58/h27-46H,7-26H2,1-6H3. The van der Waals surface area contributed by atoms with Crippen molar-refractivity contribution >= 4 is 32.3 Å². The molecule has 0 atom stereocenters. The van der Waals surface area contributed by atoms with Gasteiger partial charge in [-0.3, -0.25) is 0 Å². The molecular weight excluding hydrogens is 805 g/mol. The Balaban J connectivity index is 1.32. The SMILES string of the molecule is CCCCCCc1cc(CCCCCC)cc(C2(c3cc(CCCCCC)cc(CCCCCC)c3)c3cc(C)ccc3-c3ccc(-c4ccc5ccc6c(C)ccc7ccc4c5c76)cc32)c1. The van der Waals surface area contributed by atoms with Crippen molar-refractivity contribution in [3.05, 3.63) is 177 Å². The van der Waals surface area contributed by atoms with Crippen LogP contribution < -0.4 is 0 Å². The highest BCUT2D eigenvalue weighted by molar-refractivity contribution is 6.26. The third kappa shape index (κ3) is 9.49. The van der Waals surface area contributed by atoms with Crippen LogP contribution in [0.25, 0.3) is 54.6 Å². The Morgan fingerprint density at radius 2 is 0.761 bits per heavy atom. The fraction of sp³-hybridized carbons (Fsp3) is 0.403. The zero-order chi connectivity index (χ0) is 46.3. The third-order valence-electron chi connectivity index (χ3n) is 15.7. The lowest BCUT2D eigenvalue weighted by atomic mass is 9.65. The molecule has 0 radical (unpaired) electrons. The van der Waals surface area contributed by atoms with Gasteiger partial charge in [-0.05, 0) is 176 Å². The molecule has 0 unspecified atom stereocenters. The quantitative estimate of drug-likeness (QED) is 0.0443. The molecule has 1 aliphatic carbocycles. The van der Waals surface area contributed by atoms with Crippen molar-refractivity contribution in [2.45, 2.75) is 175 Å². The van der Waals surface area contributed by atoms with E-state index in [1.54, 1.807) is 0 Å². The molecule has 8 aromatic carbocycles. The van der Waals surface area contributed by atoms with Crippen LogP contribution in [0.1, 0.15) is 186 Å². The summed E-state index contributed by atoms with van der Waals surface area (Å²) in [6.07, 6.45) is 25.1. The van der Waals surface area contributed by atoms with Crippen LogP contribution in [0, 0.1) is 13.8 Å². The average molecular weight is 883 g/mol. The first-order valence-corrected chi connectivity index (χ1v) is 27.1. The van der Waals surface area contributed by atoms with Crippen LogP contribution in [0.4, 0.5) is 0 Å². The highest BCUT2D eigenvalue weighted by atomic mass is 14.5. The van der Waals surface area contributed by atoms with E-state index in [2.05, 4.69) is 163 Å². The van der Waals surface area contributed by atoms with Crippen molar-refractivity contribution in [1.29, 1.82) is 0 Å². The molecule has 346 valence electrons. The highest BCUT2D eigenvalue weighted by Gasteiger charge is 2.47. The number of aryl methyl sites for hydroxylation is 6. The number of hydrogen-bond donors (Lipinski definition) is 0. The largest absolute Gasteiger partial charge is 0.0714 e. The molecule has 0 aromatic heterocycles. The van der Waals surface area contributed by atoms with E-state index in [0.29, 0.717) is 0 Å². The first-order valence-electron chi connectivity index (χ1n) is 27.1. The summed E-state index contributed by atoms with van der Waals surface area (Å²) in [6, 6.07) is 49.8. The molecule has 0 spiro atoms. The van der Waals surface area contributed by atoms with E-state index >= 15 is 0 Å². The van der Waals surface area contributed by atoms with Gasteiger partial charge < -0.3 is 0 Å². The second-order valence-corrected chi connectivity index (χ2v) is 20.8. The zero-order valence-electron chi connectivity index (χ0n) is 42.2. The summed E-state index contributed by atoms with van der Waals surface area (Å²) in [5, 5.41) is 8.17. The lowest BCUT2D eigenvalue weighted by Crippen LogP contribution is -2.29. The molecule has 0 saturated heterocycles. The number of benzene rings is 8. The van der Waals surface area contributed by atoms with E-state index in [4.69, 9.17) is 0 Å². The van der Waals surface area contributed by atoms with Crippen molar-refractivity contribution in [2.75, 3.05) is 0 Å². The van der Waals surface area contributed by atoms with E-state index in [0.717, 1.165) is 25.7 Å².